The number of alkyl halides is 3. The smallest absolute Gasteiger partial charge is 0.399 e. The summed E-state index contributed by atoms with van der Waals surface area (Å²) in [5.74, 6) is 0.755. The van der Waals surface area contributed by atoms with Gasteiger partial charge in [0.15, 0.2) is 0 Å². The van der Waals surface area contributed by atoms with Crippen LogP contribution in [-0.4, -0.2) is 28.9 Å². The van der Waals surface area contributed by atoms with Gasteiger partial charge in [0.1, 0.15) is 12.4 Å². The molecule has 0 unspecified atom stereocenters. The fraction of sp³-hybridized carbons (Fsp3) is 0.357. The maximum Gasteiger partial charge on any atom is 0.411 e. The fourth-order valence-electron chi connectivity index (χ4n) is 1.91. The van der Waals surface area contributed by atoms with Gasteiger partial charge in [-0.25, -0.2) is 4.98 Å². The summed E-state index contributed by atoms with van der Waals surface area (Å²) in [5.41, 5.74) is 7.20. The predicted octanol–water partition coefficient (Wildman–Crippen LogP) is 3.10. The topological polar surface area (TPSA) is 53.1 Å². The van der Waals surface area contributed by atoms with Gasteiger partial charge in [-0.15, -0.1) is 0 Å². The molecule has 1 aromatic carbocycles. The van der Waals surface area contributed by atoms with Gasteiger partial charge in [-0.2, -0.15) is 13.2 Å². The lowest BCUT2D eigenvalue weighted by molar-refractivity contribution is -0.174. The summed E-state index contributed by atoms with van der Waals surface area (Å²) >= 11 is 0. The maximum atomic E-state index is 11.9. The number of aromatic nitrogens is 2. The van der Waals surface area contributed by atoms with E-state index in [4.69, 9.17) is 5.73 Å². The second kappa shape index (κ2) is 6.62. The Morgan fingerprint density at radius 3 is 2.57 bits per heavy atom. The van der Waals surface area contributed by atoms with Crippen molar-refractivity contribution in [3.63, 3.8) is 0 Å². The first-order valence-corrected chi connectivity index (χ1v) is 6.47. The Hall–Kier alpha value is -2.02. The van der Waals surface area contributed by atoms with Crippen LogP contribution in [0.15, 0.2) is 36.7 Å². The number of ether oxygens (including phenoxy) is 1. The first-order chi connectivity index (χ1) is 9.96. The number of nitrogens with two attached hydrogens (primary N) is 1. The second-order valence-corrected chi connectivity index (χ2v) is 4.59. The number of benzene rings is 1. The molecule has 0 aliphatic rings. The van der Waals surface area contributed by atoms with E-state index in [1.54, 1.807) is 24.5 Å². The quantitative estimate of drug-likeness (QED) is 0.658. The van der Waals surface area contributed by atoms with Crippen LogP contribution in [-0.2, 0) is 11.3 Å². The molecule has 0 aliphatic carbocycles. The van der Waals surface area contributed by atoms with Crippen LogP contribution in [0.1, 0.15) is 6.42 Å². The number of rotatable bonds is 6. The molecular formula is C14H16F3N3O. The summed E-state index contributed by atoms with van der Waals surface area (Å²) in [6.45, 7) is -0.613. The van der Waals surface area contributed by atoms with Gasteiger partial charge in [-0.3, -0.25) is 0 Å². The molecule has 0 fully saturated rings. The molecule has 1 heterocycles. The monoisotopic (exact) mass is 299 g/mol. The maximum absolute atomic E-state index is 11.9. The number of hydrogen-bond acceptors (Lipinski definition) is 3. The summed E-state index contributed by atoms with van der Waals surface area (Å²) < 4.78 is 42.2. The lowest BCUT2D eigenvalue weighted by Gasteiger charge is -2.10. The molecule has 0 saturated carbocycles. The zero-order chi connectivity index (χ0) is 15.3. The zero-order valence-corrected chi connectivity index (χ0v) is 11.3. The minimum absolute atomic E-state index is 0.0544. The van der Waals surface area contributed by atoms with Crippen molar-refractivity contribution >= 4 is 5.69 Å². The molecule has 1 aromatic heterocycles. The Morgan fingerprint density at radius 2 is 1.90 bits per heavy atom. The van der Waals surface area contributed by atoms with Crippen molar-refractivity contribution in [3.8, 4) is 11.4 Å². The molecule has 21 heavy (non-hydrogen) atoms. The van der Waals surface area contributed by atoms with Crippen molar-refractivity contribution in [1.29, 1.82) is 0 Å². The minimum atomic E-state index is -4.27. The number of halogens is 3. The molecule has 7 heteroatoms. The highest BCUT2D eigenvalue weighted by molar-refractivity contribution is 5.59. The standard InChI is InChI=1S/C14H16F3N3O/c15-14(16,17)10-21-9-1-7-20-8-6-19-13(20)11-2-4-12(18)5-3-11/h2-6,8H,1,7,9-10,18H2. The van der Waals surface area contributed by atoms with Crippen LogP contribution >= 0.6 is 0 Å². The highest BCUT2D eigenvalue weighted by Crippen LogP contribution is 2.19. The summed E-state index contributed by atoms with van der Waals surface area (Å²) in [7, 11) is 0. The third-order valence-corrected chi connectivity index (χ3v) is 2.84. The lowest BCUT2D eigenvalue weighted by Crippen LogP contribution is -2.17. The molecule has 0 atom stereocenters. The average molecular weight is 299 g/mol. The zero-order valence-electron chi connectivity index (χ0n) is 11.3. The Morgan fingerprint density at radius 1 is 1.19 bits per heavy atom. The van der Waals surface area contributed by atoms with Crippen molar-refractivity contribution in [3.05, 3.63) is 36.7 Å². The second-order valence-electron chi connectivity index (χ2n) is 4.59. The van der Waals surface area contributed by atoms with E-state index in [0.717, 1.165) is 11.4 Å². The molecule has 114 valence electrons. The molecule has 0 saturated heterocycles. The lowest BCUT2D eigenvalue weighted by atomic mass is 10.2. The highest BCUT2D eigenvalue weighted by atomic mass is 19.4. The average Bonchev–Trinajstić information content (AvgIpc) is 2.86. The molecule has 2 rings (SSSR count). The van der Waals surface area contributed by atoms with Gasteiger partial charge in [0, 0.05) is 36.8 Å². The summed E-state index contributed by atoms with van der Waals surface area (Å²) in [6, 6.07) is 7.27. The van der Waals surface area contributed by atoms with Gasteiger partial charge in [-0.05, 0) is 30.7 Å². The summed E-state index contributed by atoms with van der Waals surface area (Å²) in [6.07, 6.45) is -0.351. The van der Waals surface area contributed by atoms with E-state index in [9.17, 15) is 13.2 Å². The third kappa shape index (κ3) is 4.78. The molecule has 0 radical (unpaired) electrons. The van der Waals surface area contributed by atoms with Gasteiger partial charge in [0.2, 0.25) is 0 Å². The Labute approximate surface area is 120 Å². The van der Waals surface area contributed by atoms with E-state index < -0.39 is 12.8 Å². The summed E-state index contributed by atoms with van der Waals surface area (Å²) in [4.78, 5) is 4.26. The predicted molar refractivity (Wildman–Crippen MR) is 73.6 cm³/mol. The van der Waals surface area contributed by atoms with E-state index in [-0.39, 0.29) is 6.61 Å². The SMILES string of the molecule is Nc1ccc(-c2nccn2CCCOCC(F)(F)F)cc1. The van der Waals surface area contributed by atoms with Crippen LogP contribution in [0.4, 0.5) is 18.9 Å². The molecular weight excluding hydrogens is 283 g/mol. The molecule has 0 spiro atoms. The fourth-order valence-corrected chi connectivity index (χ4v) is 1.91. The van der Waals surface area contributed by atoms with Crippen molar-refractivity contribution in [2.24, 2.45) is 0 Å². The molecule has 0 amide bonds. The number of anilines is 1. The van der Waals surface area contributed by atoms with Crippen LogP contribution in [0.5, 0.6) is 0 Å². The van der Waals surface area contributed by atoms with E-state index in [2.05, 4.69) is 9.72 Å². The van der Waals surface area contributed by atoms with Gasteiger partial charge < -0.3 is 15.0 Å². The minimum Gasteiger partial charge on any atom is -0.399 e. The van der Waals surface area contributed by atoms with Crippen LogP contribution in [0.2, 0.25) is 0 Å². The molecule has 0 aliphatic heterocycles. The van der Waals surface area contributed by atoms with Crippen molar-refractivity contribution in [1.82, 2.24) is 9.55 Å². The highest BCUT2D eigenvalue weighted by Gasteiger charge is 2.27. The molecule has 4 nitrogen and oxygen atoms in total. The van der Waals surface area contributed by atoms with E-state index >= 15 is 0 Å². The van der Waals surface area contributed by atoms with E-state index in [0.29, 0.717) is 18.7 Å². The van der Waals surface area contributed by atoms with Crippen molar-refractivity contribution < 1.29 is 17.9 Å². The largest absolute Gasteiger partial charge is 0.411 e. The number of nitrogen functional groups attached to an aromatic ring is 1. The number of aryl methyl sites for hydroxylation is 1. The van der Waals surface area contributed by atoms with Gasteiger partial charge >= 0.3 is 6.18 Å². The third-order valence-electron chi connectivity index (χ3n) is 2.84. The number of nitrogens with zero attached hydrogens (tertiary/aromatic N) is 2. The Balaban J connectivity index is 1.88. The van der Waals surface area contributed by atoms with E-state index in [1.807, 2.05) is 16.7 Å². The van der Waals surface area contributed by atoms with E-state index in [1.165, 1.54) is 0 Å². The molecule has 2 aromatic rings. The molecule has 2 N–H and O–H groups in total. The first-order valence-electron chi connectivity index (χ1n) is 6.47. The molecule has 0 bridgehead atoms. The Kier molecular flexibility index (Phi) is 4.85. The van der Waals surface area contributed by atoms with Crippen LogP contribution in [0.25, 0.3) is 11.4 Å². The van der Waals surface area contributed by atoms with Crippen molar-refractivity contribution in [2.75, 3.05) is 18.9 Å². The number of imidazole rings is 1. The number of hydrogen-bond donors (Lipinski definition) is 1. The van der Waals surface area contributed by atoms with Crippen LogP contribution in [0.3, 0.4) is 0 Å². The first kappa shape index (κ1) is 15.4. The van der Waals surface area contributed by atoms with Crippen LogP contribution < -0.4 is 5.73 Å². The Bertz CT molecular complexity index is 564. The van der Waals surface area contributed by atoms with Gasteiger partial charge in [0.25, 0.3) is 0 Å². The summed E-state index contributed by atoms with van der Waals surface area (Å²) in [5, 5.41) is 0. The normalized spacial score (nSPS) is 11.8. The van der Waals surface area contributed by atoms with Gasteiger partial charge in [-0.1, -0.05) is 0 Å². The van der Waals surface area contributed by atoms with Crippen LogP contribution in [0, 0.1) is 0 Å². The van der Waals surface area contributed by atoms with Gasteiger partial charge in [0.05, 0.1) is 0 Å². The van der Waals surface area contributed by atoms with Crippen molar-refractivity contribution in [2.45, 2.75) is 19.1 Å².